The van der Waals surface area contributed by atoms with Gasteiger partial charge in [-0.05, 0) is 12.1 Å². The number of amides is 1. The molecule has 1 aliphatic heterocycles. The van der Waals surface area contributed by atoms with Crippen molar-refractivity contribution in [3.8, 4) is 17.2 Å². The van der Waals surface area contributed by atoms with E-state index in [2.05, 4.69) is 5.32 Å². The van der Waals surface area contributed by atoms with Gasteiger partial charge in [0, 0.05) is 14.6 Å². The Hall–Kier alpha value is -1.95. The van der Waals surface area contributed by atoms with E-state index in [4.69, 9.17) is 18.9 Å². The number of carbonyl (C=O) groups is 1. The van der Waals surface area contributed by atoms with Crippen LogP contribution in [0.1, 0.15) is 15.3 Å². The van der Waals surface area contributed by atoms with Crippen LogP contribution in [0, 0.1) is 0 Å². The van der Waals surface area contributed by atoms with E-state index in [1.807, 2.05) is 13.8 Å². The fourth-order valence-electron chi connectivity index (χ4n) is 1.32. The van der Waals surface area contributed by atoms with Crippen LogP contribution < -0.4 is 19.5 Å². The maximum Gasteiger partial charge on any atom is 0.259 e. The van der Waals surface area contributed by atoms with Gasteiger partial charge >= 0.3 is 0 Å². The van der Waals surface area contributed by atoms with Crippen LogP contribution >= 0.6 is 0 Å². The van der Waals surface area contributed by atoms with E-state index < -0.39 is 0 Å². The van der Waals surface area contributed by atoms with Crippen molar-refractivity contribution in [2.75, 3.05) is 27.2 Å². The molecule has 108 valence electrons. The summed E-state index contributed by atoms with van der Waals surface area (Å²) < 4.78 is 20.3. The molecule has 19 heavy (non-hydrogen) atoms. The van der Waals surface area contributed by atoms with E-state index in [1.54, 1.807) is 18.2 Å². The summed E-state index contributed by atoms with van der Waals surface area (Å²) in [6.07, 6.45) is 0. The number of methoxy groups -OCH3 is 1. The molecule has 0 atom stereocenters. The highest BCUT2D eigenvalue weighted by Gasteiger charge is 2.14. The minimum Gasteiger partial charge on any atom is -0.484 e. The molecule has 0 bridgehead atoms. The first-order valence-corrected chi connectivity index (χ1v) is 6.07. The van der Waals surface area contributed by atoms with Crippen LogP contribution in [0.15, 0.2) is 18.2 Å². The van der Waals surface area contributed by atoms with Gasteiger partial charge < -0.3 is 24.3 Å². The summed E-state index contributed by atoms with van der Waals surface area (Å²) >= 11 is 0. The fraction of sp³-hybridized carbons (Fsp3) is 0.462. The molecule has 0 spiro atoms. The molecule has 1 N–H and O–H groups in total. The average molecular weight is 271 g/mol. The topological polar surface area (TPSA) is 66.0 Å². The van der Waals surface area contributed by atoms with Crippen molar-refractivity contribution >= 4 is 5.91 Å². The lowest BCUT2D eigenvalue weighted by Crippen LogP contribution is -2.30. The van der Waals surface area contributed by atoms with Crippen LogP contribution in [0.3, 0.4) is 0 Å². The van der Waals surface area contributed by atoms with Gasteiger partial charge in [-0.3, -0.25) is 4.79 Å². The number of hydrogen-bond donors (Lipinski definition) is 1. The zero-order valence-electron chi connectivity index (χ0n) is 11.4. The average Bonchev–Trinajstić information content (AvgIpc) is 2.92. The van der Waals surface area contributed by atoms with Gasteiger partial charge in [0.15, 0.2) is 18.1 Å². The van der Waals surface area contributed by atoms with Crippen molar-refractivity contribution in [1.29, 1.82) is 0 Å². The van der Waals surface area contributed by atoms with Crippen LogP contribution in [-0.4, -0.2) is 33.1 Å². The highest BCUT2D eigenvalue weighted by Crippen LogP contribution is 2.34. The third-order valence-electron chi connectivity index (χ3n) is 2.13. The molecule has 1 aromatic rings. The first-order valence-electron chi connectivity index (χ1n) is 6.07. The van der Waals surface area contributed by atoms with Crippen molar-refractivity contribution in [1.82, 2.24) is 5.32 Å². The maximum absolute atomic E-state index is 11.2. The lowest BCUT2D eigenvalue weighted by molar-refractivity contribution is -0.124. The van der Waals surface area contributed by atoms with Gasteiger partial charge in [-0.1, -0.05) is 13.8 Å². The molecular weight excluding hydrogens is 250 g/mol. The van der Waals surface area contributed by atoms with Gasteiger partial charge in [0.05, 0.1) is 0 Å². The number of fused-ring (bicyclic) bond motifs is 1. The van der Waals surface area contributed by atoms with Gasteiger partial charge in [0.25, 0.3) is 5.91 Å². The highest BCUT2D eigenvalue weighted by molar-refractivity contribution is 5.77. The second-order valence-electron chi connectivity index (χ2n) is 3.34. The molecule has 1 amide bonds. The lowest BCUT2D eigenvalue weighted by atomic mass is 10.3. The molecule has 0 fully saturated rings. The largest absolute Gasteiger partial charge is 0.484 e. The third kappa shape index (κ3) is 4.67. The monoisotopic (exact) mass is 271 g/mol. The summed E-state index contributed by atoms with van der Waals surface area (Å²) in [5.74, 6) is 1.62. The molecule has 0 unspecified atom stereocenters. The molecule has 0 radical (unpaired) electrons. The van der Waals surface area contributed by atoms with Crippen molar-refractivity contribution in [2.45, 2.75) is 13.8 Å². The molecule has 0 aromatic heterocycles. The zero-order valence-corrected chi connectivity index (χ0v) is 11.4. The van der Waals surface area contributed by atoms with E-state index in [9.17, 15) is 4.79 Å². The van der Waals surface area contributed by atoms with Gasteiger partial charge in [0.2, 0.25) is 6.79 Å². The summed E-state index contributed by atoms with van der Waals surface area (Å²) in [6, 6.07) is 5.15. The van der Waals surface area contributed by atoms with E-state index in [-0.39, 0.29) is 27.5 Å². The van der Waals surface area contributed by atoms with E-state index >= 15 is 0 Å². The number of rotatable bonds is 5. The van der Waals surface area contributed by atoms with Crippen LogP contribution in [0.5, 0.6) is 17.2 Å². The van der Waals surface area contributed by atoms with Gasteiger partial charge in [0.1, 0.15) is 12.5 Å². The predicted molar refractivity (Wildman–Crippen MR) is 71.5 cm³/mol. The summed E-state index contributed by atoms with van der Waals surface area (Å²) in [4.78, 5) is 11.2. The molecule has 2 rings (SSSR count). The van der Waals surface area contributed by atoms with Crippen LogP contribution in [0.4, 0.5) is 0 Å². The van der Waals surface area contributed by atoms with Crippen LogP contribution in [-0.2, 0) is 9.53 Å². The molecule has 1 aromatic carbocycles. The van der Waals surface area contributed by atoms with Gasteiger partial charge in [-0.2, -0.15) is 0 Å². The Labute approximate surface area is 114 Å². The van der Waals surface area contributed by atoms with E-state index in [0.717, 1.165) is 0 Å². The van der Waals surface area contributed by atoms with Crippen molar-refractivity contribution < 1.29 is 25.2 Å². The molecule has 0 saturated heterocycles. The minimum atomic E-state index is -0.246. The quantitative estimate of drug-likeness (QED) is 0.827. The molecule has 0 aliphatic carbocycles. The Kier molecular flexibility index (Phi) is 6.52. The molecule has 1 heterocycles. The van der Waals surface area contributed by atoms with Crippen LogP contribution in [0.25, 0.3) is 0 Å². The lowest BCUT2D eigenvalue weighted by Gasteiger charge is -2.07. The molecule has 0 saturated carbocycles. The fourth-order valence-corrected chi connectivity index (χ4v) is 1.32. The second-order valence-corrected chi connectivity index (χ2v) is 3.34. The zero-order chi connectivity index (χ0) is 14.1. The predicted octanol–water partition coefficient (Wildman–Crippen LogP) is 1.79. The maximum atomic E-state index is 11.2. The Bertz CT molecular complexity index is 414. The SMILES string of the molecule is CC.COCNC(=O)COc1ccc2c(c1)OCO2.[HH]. The number of hydrogen-bond acceptors (Lipinski definition) is 5. The molecular formula is C13H21NO5. The number of carbonyl (C=O) groups excluding carboxylic acids is 1. The highest BCUT2D eigenvalue weighted by atomic mass is 16.7. The Balaban J connectivity index is 0.00000115. The van der Waals surface area contributed by atoms with Crippen molar-refractivity contribution in [3.63, 3.8) is 0 Å². The normalized spacial score (nSPS) is 11.3. The third-order valence-corrected chi connectivity index (χ3v) is 2.13. The Morgan fingerprint density at radius 3 is 2.84 bits per heavy atom. The number of nitrogens with one attached hydrogen (secondary N) is 1. The Morgan fingerprint density at radius 2 is 2.11 bits per heavy atom. The first kappa shape index (κ1) is 15.1. The van der Waals surface area contributed by atoms with Crippen LogP contribution in [0.2, 0.25) is 0 Å². The van der Waals surface area contributed by atoms with Gasteiger partial charge in [-0.15, -0.1) is 0 Å². The first-order chi connectivity index (χ1) is 9.29. The standard InChI is InChI=1S/C11H13NO5.C2H6.H2/c1-14-6-12-11(13)5-15-8-2-3-9-10(4-8)17-7-16-9;1-2;/h2-4H,5-7H2,1H3,(H,12,13);1-2H3;1H. The molecule has 6 nitrogen and oxygen atoms in total. The molecule has 6 heteroatoms. The number of ether oxygens (including phenoxy) is 4. The summed E-state index contributed by atoms with van der Waals surface area (Å²) in [5, 5.41) is 2.51. The second kappa shape index (κ2) is 8.20. The van der Waals surface area contributed by atoms with Crippen molar-refractivity contribution in [2.24, 2.45) is 0 Å². The smallest absolute Gasteiger partial charge is 0.259 e. The van der Waals surface area contributed by atoms with Gasteiger partial charge in [-0.25, -0.2) is 0 Å². The summed E-state index contributed by atoms with van der Waals surface area (Å²) in [6.45, 7) is 4.32. The van der Waals surface area contributed by atoms with Crippen molar-refractivity contribution in [3.05, 3.63) is 18.2 Å². The van der Waals surface area contributed by atoms with E-state index in [0.29, 0.717) is 17.2 Å². The Morgan fingerprint density at radius 1 is 1.37 bits per heavy atom. The number of benzene rings is 1. The summed E-state index contributed by atoms with van der Waals surface area (Å²) in [7, 11) is 1.50. The molecule has 1 aliphatic rings. The summed E-state index contributed by atoms with van der Waals surface area (Å²) in [5.41, 5.74) is 0. The minimum absolute atomic E-state index is 0. The van der Waals surface area contributed by atoms with E-state index in [1.165, 1.54) is 7.11 Å².